The zero-order chi connectivity index (χ0) is 16.1. The van der Waals surface area contributed by atoms with Crippen molar-refractivity contribution in [1.29, 1.82) is 0 Å². The van der Waals surface area contributed by atoms with E-state index < -0.39 is 6.10 Å². The maximum absolute atomic E-state index is 9.32. The topological polar surface area (TPSA) is 67.3 Å². The molecule has 22 heavy (non-hydrogen) atoms. The fourth-order valence-corrected chi connectivity index (χ4v) is 2.26. The van der Waals surface area contributed by atoms with Crippen LogP contribution >= 0.6 is 0 Å². The number of nitrogens with zero attached hydrogens (tertiary/aromatic N) is 2. The molecule has 0 aliphatic heterocycles. The summed E-state index contributed by atoms with van der Waals surface area (Å²) < 4.78 is 5.18. The van der Waals surface area contributed by atoms with Gasteiger partial charge in [0, 0.05) is 24.4 Å². The van der Waals surface area contributed by atoms with Crippen LogP contribution in [0.3, 0.4) is 0 Å². The number of aliphatic hydroxyl groups is 1. The van der Waals surface area contributed by atoms with Gasteiger partial charge in [0.15, 0.2) is 0 Å². The first kappa shape index (κ1) is 16.2. The molecule has 0 fully saturated rings. The average Bonchev–Trinajstić information content (AvgIpc) is 2.49. The van der Waals surface area contributed by atoms with Crippen LogP contribution in [-0.4, -0.2) is 34.8 Å². The fourth-order valence-electron chi connectivity index (χ4n) is 2.26. The number of hydrogen-bond acceptors (Lipinski definition) is 5. The predicted octanol–water partition coefficient (Wildman–Crippen LogP) is 2.49. The van der Waals surface area contributed by atoms with Crippen LogP contribution in [0, 0.1) is 13.8 Å². The summed E-state index contributed by atoms with van der Waals surface area (Å²) in [6.45, 7) is 6.14. The molecule has 2 N–H and O–H groups in total. The lowest BCUT2D eigenvalue weighted by Crippen LogP contribution is -2.18. The van der Waals surface area contributed by atoms with Crippen molar-refractivity contribution in [2.24, 2.45) is 0 Å². The lowest BCUT2D eigenvalue weighted by molar-refractivity contribution is 0.208. The number of ether oxygens (including phenoxy) is 1. The molecule has 0 radical (unpaired) electrons. The van der Waals surface area contributed by atoms with Crippen molar-refractivity contribution in [3.8, 4) is 5.75 Å². The normalized spacial score (nSPS) is 12.0. The predicted molar refractivity (Wildman–Crippen MR) is 87.5 cm³/mol. The maximum atomic E-state index is 9.32. The van der Waals surface area contributed by atoms with Gasteiger partial charge in [-0.1, -0.05) is 12.1 Å². The molecular formula is C17H23N3O2. The first-order chi connectivity index (χ1) is 10.5. The minimum atomic E-state index is -0.428. The van der Waals surface area contributed by atoms with Crippen molar-refractivity contribution in [2.75, 3.05) is 19.0 Å². The lowest BCUT2D eigenvalue weighted by Gasteiger charge is -2.13. The van der Waals surface area contributed by atoms with Crippen molar-refractivity contribution in [3.05, 3.63) is 46.8 Å². The van der Waals surface area contributed by atoms with Crippen LogP contribution in [-0.2, 0) is 6.42 Å². The van der Waals surface area contributed by atoms with E-state index in [-0.39, 0.29) is 0 Å². The molecule has 0 aliphatic rings. The molecule has 118 valence electrons. The van der Waals surface area contributed by atoms with Gasteiger partial charge in [0.25, 0.3) is 0 Å². The molecule has 1 aromatic carbocycles. The zero-order valence-corrected chi connectivity index (χ0v) is 13.6. The molecule has 0 bridgehead atoms. The van der Waals surface area contributed by atoms with Gasteiger partial charge in [-0.15, -0.1) is 0 Å². The molecule has 0 amide bonds. The van der Waals surface area contributed by atoms with E-state index >= 15 is 0 Å². The smallest absolute Gasteiger partial charge is 0.223 e. The number of nitrogens with one attached hydrogen (secondary N) is 1. The Morgan fingerprint density at radius 1 is 1.14 bits per heavy atom. The summed E-state index contributed by atoms with van der Waals surface area (Å²) in [5.41, 5.74) is 4.24. The Labute approximate surface area is 131 Å². The first-order valence-corrected chi connectivity index (χ1v) is 7.38. The highest BCUT2D eigenvalue weighted by atomic mass is 16.5. The number of aliphatic hydroxyl groups excluding tert-OH is 1. The van der Waals surface area contributed by atoms with Gasteiger partial charge in [-0.2, -0.15) is 0 Å². The number of aryl methyl sites for hydroxylation is 2. The van der Waals surface area contributed by atoms with Gasteiger partial charge < -0.3 is 15.2 Å². The SMILES string of the molecule is COc1ccc(Cc2c(C)nc(NC[C@H](C)O)nc2C)cc1. The molecular weight excluding hydrogens is 278 g/mol. The van der Waals surface area contributed by atoms with Crippen molar-refractivity contribution >= 4 is 5.95 Å². The van der Waals surface area contributed by atoms with E-state index in [4.69, 9.17) is 4.74 Å². The van der Waals surface area contributed by atoms with E-state index in [0.717, 1.165) is 29.1 Å². The van der Waals surface area contributed by atoms with Gasteiger partial charge in [0.1, 0.15) is 5.75 Å². The van der Waals surface area contributed by atoms with Gasteiger partial charge in [0.2, 0.25) is 5.95 Å². The Morgan fingerprint density at radius 3 is 2.23 bits per heavy atom. The van der Waals surface area contributed by atoms with Crippen LogP contribution in [0.15, 0.2) is 24.3 Å². The summed E-state index contributed by atoms with van der Waals surface area (Å²) in [6, 6.07) is 8.02. The van der Waals surface area contributed by atoms with Crippen LogP contribution in [0.5, 0.6) is 5.75 Å². The Balaban J connectivity index is 2.16. The molecule has 5 heteroatoms. The van der Waals surface area contributed by atoms with Gasteiger partial charge in [-0.3, -0.25) is 0 Å². The largest absolute Gasteiger partial charge is 0.497 e. The molecule has 0 aliphatic carbocycles. The molecule has 1 aromatic heterocycles. The highest BCUT2D eigenvalue weighted by Crippen LogP contribution is 2.19. The molecule has 0 saturated carbocycles. The Kier molecular flexibility index (Phi) is 5.33. The Hall–Kier alpha value is -2.14. The molecule has 2 rings (SSSR count). The number of methoxy groups -OCH3 is 1. The lowest BCUT2D eigenvalue weighted by atomic mass is 10.0. The maximum Gasteiger partial charge on any atom is 0.223 e. The van der Waals surface area contributed by atoms with Gasteiger partial charge in [-0.25, -0.2) is 9.97 Å². The summed E-state index contributed by atoms with van der Waals surface area (Å²) in [5.74, 6) is 1.42. The zero-order valence-electron chi connectivity index (χ0n) is 13.6. The minimum Gasteiger partial charge on any atom is -0.497 e. The van der Waals surface area contributed by atoms with Crippen LogP contribution in [0.4, 0.5) is 5.95 Å². The van der Waals surface area contributed by atoms with Crippen LogP contribution in [0.1, 0.15) is 29.4 Å². The highest BCUT2D eigenvalue weighted by Gasteiger charge is 2.10. The van der Waals surface area contributed by atoms with Gasteiger partial charge >= 0.3 is 0 Å². The second-order valence-electron chi connectivity index (χ2n) is 5.45. The van der Waals surface area contributed by atoms with E-state index in [2.05, 4.69) is 27.4 Å². The van der Waals surface area contributed by atoms with E-state index in [9.17, 15) is 5.11 Å². The standard InChI is InChI=1S/C17H23N3O2/c1-11(21)10-18-17-19-12(2)16(13(3)20-17)9-14-5-7-15(22-4)8-6-14/h5-8,11,21H,9-10H2,1-4H3,(H,18,19,20)/t11-/m0/s1. The number of anilines is 1. The second-order valence-corrected chi connectivity index (χ2v) is 5.45. The number of hydrogen-bond donors (Lipinski definition) is 2. The molecule has 5 nitrogen and oxygen atoms in total. The highest BCUT2D eigenvalue weighted by molar-refractivity contribution is 5.38. The van der Waals surface area contributed by atoms with Crippen LogP contribution in [0.2, 0.25) is 0 Å². The average molecular weight is 301 g/mol. The van der Waals surface area contributed by atoms with Gasteiger partial charge in [-0.05, 0) is 44.0 Å². The van der Waals surface area contributed by atoms with Crippen molar-refractivity contribution in [3.63, 3.8) is 0 Å². The Morgan fingerprint density at radius 2 is 1.73 bits per heavy atom. The van der Waals surface area contributed by atoms with Crippen molar-refractivity contribution in [1.82, 2.24) is 9.97 Å². The van der Waals surface area contributed by atoms with Crippen molar-refractivity contribution in [2.45, 2.75) is 33.3 Å². The molecule has 0 saturated heterocycles. The third-order valence-corrected chi connectivity index (χ3v) is 3.52. The summed E-state index contributed by atoms with van der Waals surface area (Å²) >= 11 is 0. The number of aromatic nitrogens is 2. The summed E-state index contributed by atoms with van der Waals surface area (Å²) in [5, 5.41) is 12.4. The van der Waals surface area contributed by atoms with Gasteiger partial charge in [0.05, 0.1) is 13.2 Å². The molecule has 0 spiro atoms. The quantitative estimate of drug-likeness (QED) is 0.858. The molecule has 1 atom stereocenters. The monoisotopic (exact) mass is 301 g/mol. The first-order valence-electron chi connectivity index (χ1n) is 7.38. The minimum absolute atomic E-state index is 0.428. The summed E-state index contributed by atoms with van der Waals surface area (Å²) in [6.07, 6.45) is 0.362. The van der Waals surface area contributed by atoms with E-state index in [1.165, 1.54) is 5.56 Å². The molecule has 1 heterocycles. The van der Waals surface area contributed by atoms with Crippen LogP contribution in [0.25, 0.3) is 0 Å². The third-order valence-electron chi connectivity index (χ3n) is 3.52. The van der Waals surface area contributed by atoms with E-state index in [0.29, 0.717) is 12.5 Å². The fraction of sp³-hybridized carbons (Fsp3) is 0.412. The third kappa shape index (κ3) is 4.18. The second kappa shape index (κ2) is 7.22. The summed E-state index contributed by atoms with van der Waals surface area (Å²) in [4.78, 5) is 8.96. The summed E-state index contributed by atoms with van der Waals surface area (Å²) in [7, 11) is 1.66. The number of rotatable bonds is 6. The van der Waals surface area contributed by atoms with Crippen LogP contribution < -0.4 is 10.1 Å². The molecule has 2 aromatic rings. The Bertz CT molecular complexity index is 601. The van der Waals surface area contributed by atoms with E-state index in [1.54, 1.807) is 14.0 Å². The van der Waals surface area contributed by atoms with E-state index in [1.807, 2.05) is 26.0 Å². The molecule has 0 unspecified atom stereocenters. The number of benzene rings is 1. The van der Waals surface area contributed by atoms with Crippen molar-refractivity contribution < 1.29 is 9.84 Å².